The zero-order chi connectivity index (χ0) is 40.0. The van der Waals surface area contributed by atoms with Crippen LogP contribution in [0.25, 0.3) is 77.3 Å². The number of rotatable bonds is 6. The van der Waals surface area contributed by atoms with Crippen LogP contribution in [0.5, 0.6) is 0 Å². The van der Waals surface area contributed by atoms with E-state index in [0.29, 0.717) is 0 Å². The minimum absolute atomic E-state index is 0.0966. The van der Waals surface area contributed by atoms with Crippen LogP contribution in [0.2, 0.25) is 0 Å². The van der Waals surface area contributed by atoms with Crippen LogP contribution in [0.3, 0.4) is 0 Å². The fourth-order valence-electron chi connectivity index (χ4n) is 9.98. The van der Waals surface area contributed by atoms with Gasteiger partial charge in [0.25, 0.3) is 0 Å². The number of furan rings is 2. The van der Waals surface area contributed by atoms with E-state index in [1.54, 1.807) is 0 Å². The van der Waals surface area contributed by atoms with Gasteiger partial charge in [-0.05, 0) is 106 Å². The Morgan fingerprint density at radius 1 is 0.517 bits per heavy atom. The van der Waals surface area contributed by atoms with Gasteiger partial charge in [-0.2, -0.15) is 0 Å². The lowest BCUT2D eigenvalue weighted by Crippen LogP contribution is -2.19. The first-order chi connectivity index (χ1) is 29.5. The summed E-state index contributed by atoms with van der Waals surface area (Å²) in [5.74, 6) is 0.211. The van der Waals surface area contributed by atoms with Gasteiger partial charge in [-0.25, -0.2) is 0 Å². The molecular weight excluding hydrogens is 731 g/mol. The second kappa shape index (κ2) is 13.3. The Bertz CT molecular complexity index is 3360. The number of hydrogen-bond acceptors (Lipinski definition) is 3. The Balaban J connectivity index is 0.935. The predicted molar refractivity (Wildman–Crippen MR) is 249 cm³/mol. The van der Waals surface area contributed by atoms with E-state index in [1.165, 1.54) is 44.6 Å². The van der Waals surface area contributed by atoms with Gasteiger partial charge in [0.05, 0.1) is 0 Å². The Morgan fingerprint density at radius 3 is 2.00 bits per heavy atom. The van der Waals surface area contributed by atoms with Crippen LogP contribution in [-0.2, 0) is 5.41 Å². The molecule has 60 heavy (non-hydrogen) atoms. The van der Waals surface area contributed by atoms with Crippen LogP contribution in [0.15, 0.2) is 209 Å². The molecule has 0 bridgehead atoms. The summed E-state index contributed by atoms with van der Waals surface area (Å²) in [6.07, 6.45) is 7.97. The second-order valence-corrected chi connectivity index (χ2v) is 16.8. The maximum absolute atomic E-state index is 6.78. The van der Waals surface area contributed by atoms with Gasteiger partial charge in [0.2, 0.25) is 0 Å². The van der Waals surface area contributed by atoms with E-state index < -0.39 is 0 Å². The van der Waals surface area contributed by atoms with Crippen molar-refractivity contribution < 1.29 is 8.83 Å². The second-order valence-electron chi connectivity index (χ2n) is 16.8. The van der Waals surface area contributed by atoms with Crippen LogP contribution < -0.4 is 4.90 Å². The molecule has 0 aliphatic heterocycles. The molecule has 8 aromatic carbocycles. The Morgan fingerprint density at radius 2 is 1.20 bits per heavy atom. The summed E-state index contributed by atoms with van der Waals surface area (Å²) in [6, 6.07) is 63.3. The van der Waals surface area contributed by atoms with Gasteiger partial charge in [-0.3, -0.25) is 0 Å². The SMILES string of the molecule is CC1(C)c2ccccc2-c2ccc(N(C3=CCC(c4ccc5oc6c(-c7ccccc7)c7c(cc6c5c4)oc4ccccc47)C=C3)c3ccc(-c4ccccc4)cc3)cc21. The fraction of sp³-hybridized carbons (Fsp3) is 0.0877. The zero-order valence-electron chi connectivity index (χ0n) is 33.5. The number of para-hydroxylation sites is 1. The van der Waals surface area contributed by atoms with E-state index in [0.717, 1.165) is 72.8 Å². The Hall–Kier alpha value is -7.36. The topological polar surface area (TPSA) is 29.5 Å². The lowest BCUT2D eigenvalue weighted by molar-refractivity contribution is 0.660. The minimum atomic E-state index is -0.0966. The third-order valence-corrected chi connectivity index (χ3v) is 13.0. The number of fused-ring (bicyclic) bond motifs is 9. The summed E-state index contributed by atoms with van der Waals surface area (Å²) in [7, 11) is 0. The van der Waals surface area contributed by atoms with Crippen molar-refractivity contribution in [1.29, 1.82) is 0 Å². The summed E-state index contributed by atoms with van der Waals surface area (Å²) >= 11 is 0. The smallest absolute Gasteiger partial charge is 0.144 e. The average molecular weight is 772 g/mol. The standard InChI is InChI=1S/C57H41NO2/c1-57(2)49-19-11-9-17-44(49)45-31-30-43(34-50(45)57)58(41-26-21-37(22-27-41)36-13-5-3-6-14-36)42-28-23-38(24-29-42)40-25-32-52-47(33-40)48-35-53-55(46-18-10-12-20-51(46)59-53)54(56(48)60-52)39-15-7-4-8-16-39/h3-23,25-35,38H,24H2,1-2H3. The summed E-state index contributed by atoms with van der Waals surface area (Å²) in [6.45, 7) is 4.71. The van der Waals surface area contributed by atoms with E-state index in [4.69, 9.17) is 8.83 Å². The van der Waals surface area contributed by atoms with Crippen molar-refractivity contribution in [3.8, 4) is 33.4 Å². The van der Waals surface area contributed by atoms with Crippen molar-refractivity contribution in [2.24, 2.45) is 0 Å². The van der Waals surface area contributed by atoms with E-state index in [2.05, 4.69) is 201 Å². The molecule has 0 saturated heterocycles. The fourth-order valence-corrected chi connectivity index (χ4v) is 9.98. The first kappa shape index (κ1) is 34.7. The minimum Gasteiger partial charge on any atom is -0.456 e. The highest BCUT2D eigenvalue weighted by Crippen LogP contribution is 2.51. The third-order valence-electron chi connectivity index (χ3n) is 13.0. The van der Waals surface area contributed by atoms with Crippen molar-refractivity contribution in [1.82, 2.24) is 0 Å². The molecule has 1 unspecified atom stereocenters. The van der Waals surface area contributed by atoms with E-state index >= 15 is 0 Å². The van der Waals surface area contributed by atoms with Crippen LogP contribution >= 0.6 is 0 Å². The molecule has 0 radical (unpaired) electrons. The third kappa shape index (κ3) is 5.36. The van der Waals surface area contributed by atoms with Gasteiger partial charge in [-0.15, -0.1) is 0 Å². The normalized spacial score (nSPS) is 15.4. The molecule has 10 aromatic rings. The van der Waals surface area contributed by atoms with Gasteiger partial charge in [-0.1, -0.05) is 153 Å². The summed E-state index contributed by atoms with van der Waals surface area (Å²) < 4.78 is 13.3. The van der Waals surface area contributed by atoms with Crippen LogP contribution in [0, 0.1) is 0 Å². The molecule has 2 aliphatic carbocycles. The van der Waals surface area contributed by atoms with E-state index in [1.807, 2.05) is 12.1 Å². The Labute approximate surface area is 349 Å². The largest absolute Gasteiger partial charge is 0.456 e. The molecule has 0 N–H and O–H groups in total. The lowest BCUT2D eigenvalue weighted by Gasteiger charge is -2.31. The zero-order valence-corrected chi connectivity index (χ0v) is 33.5. The van der Waals surface area contributed by atoms with E-state index in [-0.39, 0.29) is 11.3 Å². The van der Waals surface area contributed by atoms with Crippen LogP contribution in [0.4, 0.5) is 11.4 Å². The summed E-state index contributed by atoms with van der Waals surface area (Å²) in [5.41, 5.74) is 18.2. The highest BCUT2D eigenvalue weighted by molar-refractivity contribution is 6.23. The molecule has 12 rings (SSSR count). The number of allylic oxidation sites excluding steroid dienone is 3. The van der Waals surface area contributed by atoms with Gasteiger partial charge in [0.1, 0.15) is 22.3 Å². The van der Waals surface area contributed by atoms with E-state index in [9.17, 15) is 0 Å². The van der Waals surface area contributed by atoms with Crippen LogP contribution in [-0.4, -0.2) is 0 Å². The highest BCUT2D eigenvalue weighted by atomic mass is 16.3. The molecule has 1 atom stereocenters. The molecule has 0 fully saturated rings. The summed E-state index contributed by atoms with van der Waals surface area (Å²) in [4.78, 5) is 2.43. The molecule has 0 spiro atoms. The molecule has 286 valence electrons. The molecule has 3 heteroatoms. The molecule has 2 heterocycles. The molecule has 2 aliphatic rings. The van der Waals surface area contributed by atoms with Gasteiger partial charge in [0.15, 0.2) is 0 Å². The van der Waals surface area contributed by atoms with Gasteiger partial charge < -0.3 is 13.7 Å². The quantitative estimate of drug-likeness (QED) is 0.169. The highest BCUT2D eigenvalue weighted by Gasteiger charge is 2.36. The maximum atomic E-state index is 6.78. The van der Waals surface area contributed by atoms with Crippen molar-refractivity contribution in [3.05, 3.63) is 217 Å². The van der Waals surface area contributed by atoms with Crippen LogP contribution in [0.1, 0.15) is 42.9 Å². The maximum Gasteiger partial charge on any atom is 0.144 e. The number of hydrogen-bond donors (Lipinski definition) is 0. The van der Waals surface area contributed by atoms with Crippen molar-refractivity contribution in [2.45, 2.75) is 31.6 Å². The first-order valence-corrected chi connectivity index (χ1v) is 20.9. The lowest BCUT2D eigenvalue weighted by atomic mass is 9.82. The van der Waals surface area contributed by atoms with Gasteiger partial charge in [0, 0.05) is 55.5 Å². The molecular formula is C57H41NO2. The summed E-state index contributed by atoms with van der Waals surface area (Å²) in [5, 5.41) is 4.36. The van der Waals surface area contributed by atoms with Crippen molar-refractivity contribution in [3.63, 3.8) is 0 Å². The number of benzene rings is 8. The average Bonchev–Trinajstić information content (AvgIpc) is 3.93. The molecule has 0 amide bonds. The Kier molecular flexibility index (Phi) is 7.71. The predicted octanol–water partition coefficient (Wildman–Crippen LogP) is 15.9. The first-order valence-electron chi connectivity index (χ1n) is 20.9. The monoisotopic (exact) mass is 771 g/mol. The van der Waals surface area contributed by atoms with Gasteiger partial charge >= 0.3 is 0 Å². The molecule has 3 nitrogen and oxygen atoms in total. The molecule has 2 aromatic heterocycles. The van der Waals surface area contributed by atoms with Crippen molar-refractivity contribution in [2.75, 3.05) is 4.90 Å². The number of nitrogens with zero attached hydrogens (tertiary/aromatic N) is 1. The molecule has 0 saturated carbocycles. The number of anilines is 2. The van der Waals surface area contributed by atoms with Crippen molar-refractivity contribution >= 4 is 55.3 Å².